The van der Waals surface area contributed by atoms with Crippen LogP contribution in [0.5, 0.6) is 0 Å². The molecule has 18 heavy (non-hydrogen) atoms. The molecule has 0 aliphatic carbocycles. The van der Waals surface area contributed by atoms with Crippen molar-refractivity contribution in [3.8, 4) is 6.07 Å². The molecule has 1 nitrogen and oxygen atoms in total. The maximum absolute atomic E-state index is 8.49. The van der Waals surface area contributed by atoms with E-state index >= 15 is 0 Å². The van der Waals surface area contributed by atoms with Gasteiger partial charge in [0.1, 0.15) is 10.9 Å². The smallest absolute Gasteiger partial charge is 0.110 e. The third-order valence-corrected chi connectivity index (χ3v) is 4.88. The van der Waals surface area contributed by atoms with Crippen molar-refractivity contribution in [1.82, 2.24) is 0 Å². The highest BCUT2D eigenvalue weighted by atomic mass is 32.1. The average Bonchev–Trinajstić information content (AvgIpc) is 3.01. The predicted molar refractivity (Wildman–Crippen MR) is 81.5 cm³/mol. The minimum absolute atomic E-state index is 0.548. The van der Waals surface area contributed by atoms with E-state index in [1.807, 2.05) is 23.5 Å². The monoisotopic (exact) mass is 277 g/mol. The molecule has 0 amide bonds. The molecule has 0 aliphatic rings. The van der Waals surface area contributed by atoms with Crippen molar-refractivity contribution in [2.75, 3.05) is 0 Å². The van der Waals surface area contributed by atoms with E-state index in [0.717, 1.165) is 4.88 Å². The standard InChI is InChI=1S/C8H9NS.C7H10S/c1-6(2)8-4-3-7(5-9)10-8;1-6(2)7-4-3-5-8-7/h3-4,6H,1-2H3;3-6H,1-2H3. The second-order valence-corrected chi connectivity index (χ2v) is 6.73. The molecule has 0 spiro atoms. The van der Waals surface area contributed by atoms with Crippen LogP contribution in [-0.4, -0.2) is 0 Å². The molecule has 2 aromatic rings. The normalized spacial score (nSPS) is 10.1. The number of hydrogen-bond donors (Lipinski definition) is 0. The van der Waals surface area contributed by atoms with Crippen LogP contribution in [0.4, 0.5) is 0 Å². The first-order valence-electron chi connectivity index (χ1n) is 6.07. The molecule has 0 unspecified atom stereocenters. The number of hydrogen-bond acceptors (Lipinski definition) is 3. The van der Waals surface area contributed by atoms with Crippen LogP contribution in [0.15, 0.2) is 29.6 Å². The van der Waals surface area contributed by atoms with E-state index in [1.165, 1.54) is 9.75 Å². The maximum atomic E-state index is 8.49. The molecule has 0 fully saturated rings. The summed E-state index contributed by atoms with van der Waals surface area (Å²) in [6, 6.07) is 10.3. The zero-order chi connectivity index (χ0) is 13.5. The molecule has 0 aliphatic heterocycles. The summed E-state index contributed by atoms with van der Waals surface area (Å²) < 4.78 is 0. The number of thiophene rings is 2. The van der Waals surface area contributed by atoms with Gasteiger partial charge in [0, 0.05) is 9.75 Å². The summed E-state index contributed by atoms with van der Waals surface area (Å²) >= 11 is 3.41. The molecular formula is C15H19NS2. The van der Waals surface area contributed by atoms with Crippen LogP contribution in [0.25, 0.3) is 0 Å². The molecule has 0 bridgehead atoms. The number of nitrogens with zero attached hydrogens (tertiary/aromatic N) is 1. The van der Waals surface area contributed by atoms with E-state index in [1.54, 1.807) is 11.3 Å². The van der Waals surface area contributed by atoms with E-state index in [2.05, 4.69) is 51.3 Å². The molecule has 0 saturated heterocycles. The van der Waals surface area contributed by atoms with Gasteiger partial charge >= 0.3 is 0 Å². The van der Waals surface area contributed by atoms with Gasteiger partial charge in [0.2, 0.25) is 0 Å². The second-order valence-electron chi connectivity index (χ2n) is 4.64. The van der Waals surface area contributed by atoms with Gasteiger partial charge in [0.05, 0.1) is 0 Å². The Bertz CT molecular complexity index is 487. The summed E-state index contributed by atoms with van der Waals surface area (Å²) in [5, 5.41) is 10.6. The lowest BCUT2D eigenvalue weighted by molar-refractivity contribution is 0.890. The summed E-state index contributed by atoms with van der Waals surface area (Å²) in [6.07, 6.45) is 0. The molecule has 2 aromatic heterocycles. The fourth-order valence-electron chi connectivity index (χ4n) is 1.34. The van der Waals surface area contributed by atoms with Gasteiger partial charge in [-0.25, -0.2) is 0 Å². The third-order valence-electron chi connectivity index (χ3n) is 2.42. The summed E-state index contributed by atoms with van der Waals surface area (Å²) in [6.45, 7) is 8.69. The fraction of sp³-hybridized carbons (Fsp3) is 0.400. The fourth-order valence-corrected chi connectivity index (χ4v) is 2.89. The first-order valence-corrected chi connectivity index (χ1v) is 7.77. The van der Waals surface area contributed by atoms with Crippen molar-refractivity contribution in [2.24, 2.45) is 0 Å². The van der Waals surface area contributed by atoms with Crippen molar-refractivity contribution < 1.29 is 0 Å². The first kappa shape index (κ1) is 14.9. The van der Waals surface area contributed by atoms with Gasteiger partial charge in [0.25, 0.3) is 0 Å². The van der Waals surface area contributed by atoms with Gasteiger partial charge in [-0.3, -0.25) is 0 Å². The Morgan fingerprint density at radius 1 is 1.00 bits per heavy atom. The van der Waals surface area contributed by atoms with Gasteiger partial charge in [-0.15, -0.1) is 22.7 Å². The molecule has 0 saturated carbocycles. The maximum Gasteiger partial charge on any atom is 0.110 e. The summed E-state index contributed by atoms with van der Waals surface area (Å²) in [5.74, 6) is 1.25. The van der Waals surface area contributed by atoms with E-state index < -0.39 is 0 Å². The molecule has 0 aromatic carbocycles. The Balaban J connectivity index is 0.000000184. The molecule has 0 N–H and O–H groups in total. The van der Waals surface area contributed by atoms with Gasteiger partial charge in [-0.2, -0.15) is 5.26 Å². The van der Waals surface area contributed by atoms with Crippen LogP contribution in [0, 0.1) is 11.3 Å². The Labute approximate surface area is 118 Å². The lowest BCUT2D eigenvalue weighted by Gasteiger charge is -1.95. The molecule has 2 heterocycles. The van der Waals surface area contributed by atoms with E-state index in [4.69, 9.17) is 5.26 Å². The van der Waals surface area contributed by atoms with E-state index in [0.29, 0.717) is 11.8 Å². The Kier molecular flexibility index (Phi) is 6.11. The summed E-state index contributed by atoms with van der Waals surface area (Å²) in [7, 11) is 0. The zero-order valence-corrected chi connectivity index (χ0v) is 12.9. The Morgan fingerprint density at radius 3 is 1.94 bits per heavy atom. The quantitative estimate of drug-likeness (QED) is 0.699. The van der Waals surface area contributed by atoms with Crippen molar-refractivity contribution >= 4 is 22.7 Å². The highest BCUT2D eigenvalue weighted by molar-refractivity contribution is 7.12. The van der Waals surface area contributed by atoms with Gasteiger partial charge in [-0.05, 0) is 35.4 Å². The number of rotatable bonds is 2. The highest BCUT2D eigenvalue weighted by Gasteiger charge is 2.01. The minimum Gasteiger partial charge on any atom is -0.192 e. The summed E-state index contributed by atoms with van der Waals surface area (Å²) in [5.41, 5.74) is 0. The number of nitriles is 1. The molecule has 3 heteroatoms. The lowest BCUT2D eigenvalue weighted by atomic mass is 10.2. The zero-order valence-electron chi connectivity index (χ0n) is 11.3. The molecule has 0 radical (unpaired) electrons. The van der Waals surface area contributed by atoms with Crippen LogP contribution >= 0.6 is 22.7 Å². The van der Waals surface area contributed by atoms with Gasteiger partial charge in [0.15, 0.2) is 0 Å². The van der Waals surface area contributed by atoms with Crippen LogP contribution in [0.1, 0.15) is 54.2 Å². The lowest BCUT2D eigenvalue weighted by Crippen LogP contribution is -1.77. The Hall–Kier alpha value is -1.11. The van der Waals surface area contributed by atoms with Crippen LogP contribution in [0.3, 0.4) is 0 Å². The SMILES string of the molecule is CC(C)c1ccc(C#N)s1.CC(C)c1cccs1. The first-order chi connectivity index (χ1) is 8.54. The van der Waals surface area contributed by atoms with Crippen molar-refractivity contribution in [2.45, 2.75) is 39.5 Å². The molecule has 2 rings (SSSR count). The second kappa shape index (κ2) is 7.35. The molecular weight excluding hydrogens is 258 g/mol. The molecule has 0 atom stereocenters. The summed E-state index contributed by atoms with van der Waals surface area (Å²) in [4.78, 5) is 3.57. The van der Waals surface area contributed by atoms with Crippen molar-refractivity contribution in [3.63, 3.8) is 0 Å². The van der Waals surface area contributed by atoms with Crippen molar-refractivity contribution in [3.05, 3.63) is 44.3 Å². The largest absolute Gasteiger partial charge is 0.192 e. The highest BCUT2D eigenvalue weighted by Crippen LogP contribution is 2.23. The van der Waals surface area contributed by atoms with E-state index in [-0.39, 0.29) is 0 Å². The topological polar surface area (TPSA) is 23.8 Å². The van der Waals surface area contributed by atoms with Crippen LogP contribution < -0.4 is 0 Å². The predicted octanol–water partition coefficient (Wildman–Crippen LogP) is 5.61. The van der Waals surface area contributed by atoms with E-state index in [9.17, 15) is 0 Å². The van der Waals surface area contributed by atoms with Crippen molar-refractivity contribution in [1.29, 1.82) is 5.26 Å². The van der Waals surface area contributed by atoms with Crippen LogP contribution in [0.2, 0.25) is 0 Å². The average molecular weight is 277 g/mol. The Morgan fingerprint density at radius 2 is 1.67 bits per heavy atom. The van der Waals surface area contributed by atoms with Crippen LogP contribution in [-0.2, 0) is 0 Å². The van der Waals surface area contributed by atoms with Gasteiger partial charge < -0.3 is 0 Å². The third kappa shape index (κ3) is 4.64. The minimum atomic E-state index is 0.548. The molecule has 96 valence electrons. The van der Waals surface area contributed by atoms with Gasteiger partial charge in [-0.1, -0.05) is 33.8 Å².